The van der Waals surface area contributed by atoms with Crippen LogP contribution in [0, 0.1) is 29.4 Å². The van der Waals surface area contributed by atoms with Crippen LogP contribution in [0.2, 0.25) is 0 Å². The smallest absolute Gasteiger partial charge is 0.319 e. The molecule has 2 bridgehead atoms. The monoisotopic (exact) mass is 697 g/mol. The summed E-state index contributed by atoms with van der Waals surface area (Å²) in [4.78, 5) is 29.1. The number of aromatic hydroxyl groups is 1. The molecule has 2 aliphatic heterocycles. The molecule has 5 aliphatic rings. The van der Waals surface area contributed by atoms with E-state index in [9.17, 15) is 14.3 Å². The standard InChI is InChI=1S/C38H38F3N7O3/c1-3-25-28(40)6-5-22-11-24(49)12-26(29(22)25)31-30(41)32-27(14-42-31)33(45-35(44-32)51-20-38-8-4-9-47(38)15-23(39)13-38)43-19-36-16-37(17-36,18-36)34(50)48-10-7-21(2)46-48/h5-7,10-12,14,23,49H,3-4,8-9,13,15-20H2,1-2H3,(H,43,44,45)/t23-,36?,37?,38+/m1/s1. The van der Waals surface area contributed by atoms with Gasteiger partial charge in [-0.1, -0.05) is 13.0 Å². The van der Waals surface area contributed by atoms with E-state index in [0.29, 0.717) is 72.7 Å². The van der Waals surface area contributed by atoms with Crippen molar-refractivity contribution in [2.45, 2.75) is 70.5 Å². The van der Waals surface area contributed by atoms with E-state index in [1.54, 1.807) is 12.3 Å². The molecule has 0 amide bonds. The summed E-state index contributed by atoms with van der Waals surface area (Å²) in [5.41, 5.74) is 0.272. The number of carbonyl (C=O) groups excluding carboxylic acids is 1. The van der Waals surface area contributed by atoms with E-state index in [-0.39, 0.29) is 46.5 Å². The number of pyridine rings is 1. The Hall–Kier alpha value is -4.78. The number of fused-ring (bicyclic) bond motifs is 3. The number of hydrogen-bond acceptors (Lipinski definition) is 9. The van der Waals surface area contributed by atoms with E-state index >= 15 is 8.78 Å². The summed E-state index contributed by atoms with van der Waals surface area (Å²) < 4.78 is 54.1. The van der Waals surface area contributed by atoms with Crippen molar-refractivity contribution in [1.29, 1.82) is 0 Å². The van der Waals surface area contributed by atoms with Gasteiger partial charge in [-0.3, -0.25) is 14.7 Å². The minimum atomic E-state index is -0.940. The Morgan fingerprint density at radius 1 is 1.16 bits per heavy atom. The molecule has 10 rings (SSSR count). The van der Waals surface area contributed by atoms with Gasteiger partial charge in [-0.25, -0.2) is 17.9 Å². The average Bonchev–Trinajstić information content (AvgIpc) is 3.76. The summed E-state index contributed by atoms with van der Waals surface area (Å²) >= 11 is 0. The average molecular weight is 698 g/mol. The van der Waals surface area contributed by atoms with Gasteiger partial charge in [0.05, 0.1) is 22.0 Å². The molecule has 2 aromatic carbocycles. The van der Waals surface area contributed by atoms with Crippen LogP contribution in [0.3, 0.4) is 0 Å². The number of anilines is 1. The first-order valence-electron chi connectivity index (χ1n) is 17.6. The molecule has 2 atom stereocenters. The maximum Gasteiger partial charge on any atom is 0.319 e. The first-order valence-corrected chi connectivity index (χ1v) is 17.6. The van der Waals surface area contributed by atoms with Crippen molar-refractivity contribution in [2.24, 2.45) is 10.8 Å². The molecule has 5 fully saturated rings. The van der Waals surface area contributed by atoms with Crippen LogP contribution in [0.25, 0.3) is 32.9 Å². The lowest BCUT2D eigenvalue weighted by Crippen LogP contribution is -2.68. The van der Waals surface area contributed by atoms with E-state index < -0.39 is 28.8 Å². The third kappa shape index (κ3) is 4.98. The number of phenolic OH excluding ortho intramolecular Hbond substituents is 1. The number of alkyl halides is 1. The summed E-state index contributed by atoms with van der Waals surface area (Å²) in [5, 5.41) is 19.7. The lowest BCUT2D eigenvalue weighted by Gasteiger charge is -2.69. The Morgan fingerprint density at radius 3 is 2.75 bits per heavy atom. The highest BCUT2D eigenvalue weighted by Crippen LogP contribution is 2.73. The fourth-order valence-corrected chi connectivity index (χ4v) is 9.56. The van der Waals surface area contributed by atoms with Crippen LogP contribution in [-0.4, -0.2) is 78.6 Å². The number of halogens is 3. The molecule has 3 aromatic heterocycles. The van der Waals surface area contributed by atoms with E-state index in [0.717, 1.165) is 25.1 Å². The molecule has 2 N–H and O–H groups in total. The fraction of sp³-hybridized carbons (Fsp3) is 0.447. The van der Waals surface area contributed by atoms with Crippen molar-refractivity contribution < 1.29 is 27.8 Å². The molecule has 10 nitrogen and oxygen atoms in total. The minimum Gasteiger partial charge on any atom is -0.508 e. The number of hydrogen-bond donors (Lipinski definition) is 2. The fourth-order valence-electron chi connectivity index (χ4n) is 9.56. The topological polar surface area (TPSA) is 118 Å². The third-order valence-corrected chi connectivity index (χ3v) is 11.8. The second kappa shape index (κ2) is 11.4. The number of aromatic nitrogens is 5. The van der Waals surface area contributed by atoms with Gasteiger partial charge in [0.1, 0.15) is 41.4 Å². The normalized spacial score (nSPS) is 26.6. The second-order valence-electron chi connectivity index (χ2n) is 15.2. The summed E-state index contributed by atoms with van der Waals surface area (Å²) in [6.45, 7) is 5.48. The predicted molar refractivity (Wildman–Crippen MR) is 185 cm³/mol. The first kappa shape index (κ1) is 32.1. The molecule has 0 radical (unpaired) electrons. The van der Waals surface area contributed by atoms with Gasteiger partial charge in [-0.05, 0) is 98.0 Å². The minimum absolute atomic E-state index is 0.00722. The molecular formula is C38H38F3N7O3. The van der Waals surface area contributed by atoms with E-state index in [1.807, 2.05) is 19.9 Å². The van der Waals surface area contributed by atoms with Crippen molar-refractivity contribution in [1.82, 2.24) is 29.6 Å². The third-order valence-electron chi connectivity index (χ3n) is 11.8. The Kier molecular flexibility index (Phi) is 7.16. The second-order valence-corrected chi connectivity index (χ2v) is 15.2. The van der Waals surface area contributed by atoms with Crippen molar-refractivity contribution >= 4 is 33.4 Å². The van der Waals surface area contributed by atoms with Crippen LogP contribution in [0.4, 0.5) is 19.0 Å². The Labute approximate surface area is 292 Å². The van der Waals surface area contributed by atoms with Gasteiger partial charge in [0.2, 0.25) is 0 Å². The molecule has 0 unspecified atom stereocenters. The van der Waals surface area contributed by atoms with E-state index in [1.165, 1.54) is 29.1 Å². The van der Waals surface area contributed by atoms with Gasteiger partial charge in [0.25, 0.3) is 5.91 Å². The largest absolute Gasteiger partial charge is 0.508 e. The van der Waals surface area contributed by atoms with Crippen LogP contribution in [0.1, 0.15) is 61.5 Å². The zero-order chi connectivity index (χ0) is 35.3. The van der Waals surface area contributed by atoms with Crippen molar-refractivity contribution in [3.8, 4) is 23.0 Å². The number of rotatable bonds is 9. The number of nitrogens with one attached hydrogen (secondary N) is 1. The van der Waals surface area contributed by atoms with Gasteiger partial charge in [-0.2, -0.15) is 15.1 Å². The number of phenols is 1. The SMILES string of the molecule is CCc1c(F)ccc2cc(O)cc(-c3ncc4c(NCC56CC(C(=O)n7ccc(C)n7)(C5)C6)nc(OC[C@@]56CCCN5C[C@H](F)C6)nc4c3F)c12. The number of carbonyl (C=O) groups is 1. The molecule has 5 heterocycles. The molecule has 264 valence electrons. The summed E-state index contributed by atoms with van der Waals surface area (Å²) in [6, 6.07) is 7.56. The van der Waals surface area contributed by atoms with Crippen molar-refractivity contribution in [2.75, 3.05) is 31.6 Å². The van der Waals surface area contributed by atoms with Crippen LogP contribution in [-0.2, 0) is 6.42 Å². The molecule has 2 saturated heterocycles. The van der Waals surface area contributed by atoms with E-state index in [2.05, 4.69) is 30.3 Å². The lowest BCUT2D eigenvalue weighted by molar-refractivity contribution is -0.161. The molecule has 3 aliphatic carbocycles. The molecule has 13 heteroatoms. The quantitative estimate of drug-likeness (QED) is 0.172. The maximum absolute atomic E-state index is 16.9. The van der Waals surface area contributed by atoms with Crippen molar-refractivity contribution in [3.63, 3.8) is 0 Å². The summed E-state index contributed by atoms with van der Waals surface area (Å²) in [6.07, 6.45) is 6.80. The van der Waals surface area contributed by atoms with Gasteiger partial charge < -0.3 is 15.2 Å². The zero-order valence-electron chi connectivity index (χ0n) is 28.5. The Morgan fingerprint density at radius 2 is 1.98 bits per heavy atom. The molecule has 0 spiro atoms. The highest BCUT2D eigenvalue weighted by molar-refractivity contribution is 6.01. The molecular weight excluding hydrogens is 659 g/mol. The number of benzene rings is 2. The van der Waals surface area contributed by atoms with Gasteiger partial charge in [-0.15, -0.1) is 0 Å². The van der Waals surface area contributed by atoms with Crippen LogP contribution >= 0.6 is 0 Å². The molecule has 3 saturated carbocycles. The predicted octanol–water partition coefficient (Wildman–Crippen LogP) is 6.77. The maximum atomic E-state index is 16.9. The van der Waals surface area contributed by atoms with Gasteiger partial charge in [0, 0.05) is 37.5 Å². The lowest BCUT2D eigenvalue weighted by atomic mass is 9.35. The van der Waals surface area contributed by atoms with Gasteiger partial charge in [0.15, 0.2) is 5.82 Å². The summed E-state index contributed by atoms with van der Waals surface area (Å²) in [5.74, 6) is -0.967. The number of nitrogens with zero attached hydrogens (tertiary/aromatic N) is 6. The van der Waals surface area contributed by atoms with Crippen molar-refractivity contribution in [3.05, 3.63) is 65.6 Å². The molecule has 5 aromatic rings. The number of ether oxygens (including phenoxy) is 1. The summed E-state index contributed by atoms with van der Waals surface area (Å²) in [7, 11) is 0. The van der Waals surface area contributed by atoms with Crippen LogP contribution in [0.15, 0.2) is 42.7 Å². The van der Waals surface area contributed by atoms with E-state index in [4.69, 9.17) is 4.74 Å². The Balaban J connectivity index is 1.07. The Bertz CT molecular complexity index is 2240. The highest BCUT2D eigenvalue weighted by atomic mass is 19.1. The molecule has 51 heavy (non-hydrogen) atoms. The first-order chi connectivity index (χ1) is 24.5. The zero-order valence-corrected chi connectivity index (χ0v) is 28.5. The highest BCUT2D eigenvalue weighted by Gasteiger charge is 2.71. The number of aryl methyl sites for hydroxylation is 2. The van der Waals surface area contributed by atoms with Crippen LogP contribution in [0.5, 0.6) is 11.8 Å². The van der Waals surface area contributed by atoms with Gasteiger partial charge >= 0.3 is 6.01 Å². The van der Waals surface area contributed by atoms with Crippen LogP contribution < -0.4 is 10.1 Å².